The van der Waals surface area contributed by atoms with Crippen molar-refractivity contribution < 1.29 is 1.37 Å². The van der Waals surface area contributed by atoms with E-state index in [0.29, 0.717) is 5.92 Å². The van der Waals surface area contributed by atoms with Gasteiger partial charge in [-0.2, -0.15) is 0 Å². The molecule has 0 bridgehead atoms. The molecule has 1 heterocycles. The van der Waals surface area contributed by atoms with E-state index in [4.69, 9.17) is 1.37 Å². The summed E-state index contributed by atoms with van der Waals surface area (Å²) in [4.78, 5) is 4.53. The fraction of sp³-hybridized carbons (Fsp3) is 0.364. The van der Waals surface area contributed by atoms with Crippen molar-refractivity contribution in [1.29, 1.82) is 0 Å². The van der Waals surface area contributed by atoms with Crippen LogP contribution in [0.4, 0.5) is 0 Å². The standard InChI is InChI=1S/C10H11NS.CH4/c1-7(2)10-11-8-5-3-4-6-9(8)12-10;/h3-7H,1-2H3;1H4/i;1T. The lowest BCUT2D eigenvalue weighted by atomic mass is 10.2. The van der Waals surface area contributed by atoms with Crippen LogP contribution in [0.3, 0.4) is 0 Å². The highest BCUT2D eigenvalue weighted by Gasteiger charge is 2.05. The highest BCUT2D eigenvalue weighted by atomic mass is 32.1. The number of rotatable bonds is 1. The Balaban J connectivity index is 0.000000461. The molecule has 2 aromatic rings. The Hall–Kier alpha value is -0.890. The number of nitrogens with zero attached hydrogens (tertiary/aromatic N) is 1. The molecule has 2 rings (SSSR count). The summed E-state index contributed by atoms with van der Waals surface area (Å²) in [5, 5.41) is 1.23. The van der Waals surface area contributed by atoms with Gasteiger partial charge in [0.2, 0.25) is 0 Å². The van der Waals surface area contributed by atoms with Crippen LogP contribution in [0, 0.1) is 0 Å². The lowest BCUT2D eigenvalue weighted by Crippen LogP contribution is -1.82. The van der Waals surface area contributed by atoms with E-state index in [1.54, 1.807) is 11.3 Å². The predicted octanol–water partition coefficient (Wildman–Crippen LogP) is 4.06. The molecule has 1 nitrogen and oxygen atoms in total. The number of fused-ring (bicyclic) bond motifs is 1. The third kappa shape index (κ3) is 1.89. The van der Waals surface area contributed by atoms with Crippen LogP contribution in [0.25, 0.3) is 10.2 Å². The molecule has 2 heteroatoms. The number of hydrogen-bond acceptors (Lipinski definition) is 2. The molecule has 0 N–H and O–H groups in total. The van der Waals surface area contributed by atoms with Crippen molar-refractivity contribution >= 4 is 21.6 Å². The Bertz CT molecular complexity index is 362. The number of benzene rings is 1. The maximum Gasteiger partial charge on any atom is 0.0963 e. The molecule has 0 aliphatic rings. The molecule has 0 aliphatic heterocycles. The van der Waals surface area contributed by atoms with Gasteiger partial charge in [0.1, 0.15) is 0 Å². The minimum absolute atomic E-state index is 0.544. The predicted molar refractivity (Wildman–Crippen MR) is 60.4 cm³/mol. The average Bonchev–Trinajstić information content (AvgIpc) is 2.64. The van der Waals surface area contributed by atoms with E-state index in [1.807, 2.05) is 6.07 Å². The van der Waals surface area contributed by atoms with Crippen LogP contribution >= 0.6 is 11.3 Å². The van der Waals surface area contributed by atoms with E-state index < -0.39 is 0 Å². The van der Waals surface area contributed by atoms with Gasteiger partial charge in [0.25, 0.3) is 0 Å². The number of hydrogen-bond donors (Lipinski definition) is 0. The molecule has 0 saturated carbocycles. The number of para-hydroxylation sites is 1. The average molecular weight is 195 g/mol. The van der Waals surface area contributed by atoms with Crippen molar-refractivity contribution in [2.75, 3.05) is 0 Å². The van der Waals surface area contributed by atoms with Crippen molar-refractivity contribution in [1.82, 2.24) is 4.98 Å². The molecule has 70 valence electrons. The van der Waals surface area contributed by atoms with Crippen LogP contribution in [0.1, 0.15) is 33.5 Å². The fourth-order valence-corrected chi connectivity index (χ4v) is 2.11. The van der Waals surface area contributed by atoms with Gasteiger partial charge in [-0.15, -0.1) is 11.3 Å². The molecule has 1 aromatic heterocycles. The monoisotopic (exact) mass is 195 g/mol. The summed E-state index contributed by atoms with van der Waals surface area (Å²) in [5.74, 6) is 0.544. The van der Waals surface area contributed by atoms with Crippen LogP contribution in [-0.2, 0) is 0 Å². The molecule has 13 heavy (non-hydrogen) atoms. The summed E-state index contributed by atoms with van der Waals surface area (Å²) in [6.45, 7) is 4.36. The Morgan fingerprint density at radius 1 is 1.38 bits per heavy atom. The van der Waals surface area contributed by atoms with Gasteiger partial charge in [-0.05, 0) is 12.1 Å². The zero-order valence-corrected chi connectivity index (χ0v) is 9.06. The second kappa shape index (κ2) is 3.88. The van der Waals surface area contributed by atoms with Crippen molar-refractivity contribution in [2.24, 2.45) is 0 Å². The maximum atomic E-state index is 5.75. The topological polar surface area (TPSA) is 12.9 Å². The second-order valence-corrected chi connectivity index (χ2v) is 4.24. The normalized spacial score (nSPS) is 10.9. The quantitative estimate of drug-likeness (QED) is 0.668. The second-order valence-electron chi connectivity index (χ2n) is 3.17. The van der Waals surface area contributed by atoms with Gasteiger partial charge in [0.05, 0.1) is 15.2 Å². The van der Waals surface area contributed by atoms with Crippen LogP contribution in [0.2, 0.25) is 0 Å². The van der Waals surface area contributed by atoms with E-state index in [-0.39, 0.29) is 0 Å². The van der Waals surface area contributed by atoms with Gasteiger partial charge >= 0.3 is 0 Å². The number of aromatic nitrogens is 1. The largest absolute Gasteiger partial charge is 0.241 e. The molecule has 0 spiro atoms. The Morgan fingerprint density at radius 3 is 2.69 bits per heavy atom. The summed E-state index contributed by atoms with van der Waals surface area (Å²) < 4.78 is 7.04. The summed E-state index contributed by atoms with van der Waals surface area (Å²) in [6, 6.07) is 8.29. The molecule has 0 aliphatic carbocycles. The molecular formula is C11H15NS. The molecule has 0 amide bonds. The molecule has 0 atom stereocenters. The summed E-state index contributed by atoms with van der Waals surface area (Å²) in [5.41, 5.74) is 1.13. The van der Waals surface area contributed by atoms with E-state index in [0.717, 1.165) is 5.52 Å². The molecule has 0 fully saturated rings. The van der Waals surface area contributed by atoms with Gasteiger partial charge in [0.15, 0.2) is 0 Å². The van der Waals surface area contributed by atoms with Crippen LogP contribution < -0.4 is 0 Å². The highest BCUT2D eigenvalue weighted by Crippen LogP contribution is 2.26. The first-order valence-corrected chi connectivity index (χ1v) is 4.94. The summed E-state index contributed by atoms with van der Waals surface area (Å²) in [7, 11) is 1.25. The maximum absolute atomic E-state index is 5.75. The van der Waals surface area contributed by atoms with E-state index in [2.05, 4.69) is 37.0 Å². The first-order chi connectivity index (χ1) is 6.77. The van der Waals surface area contributed by atoms with Crippen LogP contribution in [0.15, 0.2) is 24.3 Å². The Kier molecular flexibility index (Phi) is 2.60. The first-order valence-electron chi connectivity index (χ1n) is 5.13. The van der Waals surface area contributed by atoms with E-state index >= 15 is 0 Å². The van der Waals surface area contributed by atoms with Gasteiger partial charge < -0.3 is 0 Å². The third-order valence-corrected chi connectivity index (χ3v) is 3.14. The van der Waals surface area contributed by atoms with Crippen molar-refractivity contribution in [3.63, 3.8) is 0 Å². The minimum Gasteiger partial charge on any atom is -0.241 e. The molecule has 0 radical (unpaired) electrons. The lowest BCUT2D eigenvalue weighted by Gasteiger charge is -1.94. The van der Waals surface area contributed by atoms with Crippen LogP contribution in [-0.4, -0.2) is 4.98 Å². The van der Waals surface area contributed by atoms with Gasteiger partial charge in [-0.3, -0.25) is 0 Å². The zero-order valence-electron chi connectivity index (χ0n) is 9.24. The van der Waals surface area contributed by atoms with Crippen molar-refractivity contribution in [2.45, 2.75) is 27.2 Å². The smallest absolute Gasteiger partial charge is 0.0963 e. The summed E-state index contributed by atoms with van der Waals surface area (Å²) in [6.07, 6.45) is 0. The van der Waals surface area contributed by atoms with Gasteiger partial charge in [-0.1, -0.05) is 33.4 Å². The minimum atomic E-state index is 0.544. The fourth-order valence-electron chi connectivity index (χ4n) is 1.14. The first kappa shape index (κ1) is 8.70. The SMILES string of the molecule is CC(C)c1nc2ccccc2s1.[3H]C. The molecule has 1 aromatic carbocycles. The highest BCUT2D eigenvalue weighted by molar-refractivity contribution is 7.18. The van der Waals surface area contributed by atoms with Crippen LogP contribution in [0.5, 0.6) is 0 Å². The van der Waals surface area contributed by atoms with E-state index in [1.165, 1.54) is 17.1 Å². The molecule has 0 saturated heterocycles. The Morgan fingerprint density at radius 2 is 2.08 bits per heavy atom. The molecular weight excluding hydrogens is 178 g/mol. The zero-order chi connectivity index (χ0) is 10.6. The van der Waals surface area contributed by atoms with Crippen molar-refractivity contribution in [3.05, 3.63) is 29.3 Å². The van der Waals surface area contributed by atoms with E-state index in [9.17, 15) is 0 Å². The third-order valence-electron chi connectivity index (χ3n) is 1.80. The lowest BCUT2D eigenvalue weighted by molar-refractivity contribution is 0.857. The summed E-state index contributed by atoms with van der Waals surface area (Å²) >= 11 is 1.79. The molecule has 0 unspecified atom stereocenters. The van der Waals surface area contributed by atoms with Gasteiger partial charge in [-0.25, -0.2) is 4.98 Å². The number of thiazole rings is 1. The van der Waals surface area contributed by atoms with Crippen molar-refractivity contribution in [3.8, 4) is 0 Å². The Labute approximate surface area is 84.8 Å². The van der Waals surface area contributed by atoms with Gasteiger partial charge in [0, 0.05) is 7.29 Å².